The van der Waals surface area contributed by atoms with Gasteiger partial charge in [0.1, 0.15) is 5.41 Å². The molecule has 340 valence electrons. The van der Waals surface area contributed by atoms with Gasteiger partial charge in [-0.15, -0.1) is 0 Å². The van der Waals surface area contributed by atoms with Crippen LogP contribution in [-0.4, -0.2) is 139 Å². The third kappa shape index (κ3) is 5.10. The summed E-state index contributed by atoms with van der Waals surface area (Å²) in [5, 5.41) is 17.5. The van der Waals surface area contributed by atoms with E-state index in [0.717, 1.165) is 64.2 Å². The monoisotopic (exact) mass is 892 g/mol. The minimum atomic E-state index is -1.65. The number of methoxy groups -OCH3 is 3. The van der Waals surface area contributed by atoms with Crippen LogP contribution in [0.5, 0.6) is 0 Å². The summed E-state index contributed by atoms with van der Waals surface area (Å²) in [6.45, 7) is 8.97. The number of carbonyl (C=O) groups is 3. The first-order chi connectivity index (χ1) is 30.8. The number of esters is 3. The molecule has 64 heavy (non-hydrogen) atoms. The van der Waals surface area contributed by atoms with Crippen LogP contribution < -0.4 is 0 Å². The van der Waals surface area contributed by atoms with Crippen LogP contribution in [0.1, 0.15) is 64.1 Å². The second-order valence-electron chi connectivity index (χ2n) is 19.9. The van der Waals surface area contributed by atoms with Gasteiger partial charge in [0.15, 0.2) is 11.8 Å². The fourth-order valence-corrected chi connectivity index (χ4v) is 15.6. The molecular weight excluding hydrogens is 833 g/mol. The third-order valence-electron chi connectivity index (χ3n) is 17.4. The highest BCUT2D eigenvalue weighted by atomic mass is 32.1. The summed E-state index contributed by atoms with van der Waals surface area (Å²) >= 11 is 1.66. The Balaban J connectivity index is 1.18. The molecule has 1 aromatic carbocycles. The number of aromatic nitrogens is 1. The molecule has 5 fully saturated rings. The summed E-state index contributed by atoms with van der Waals surface area (Å²) < 4.78 is 31.9. The first kappa shape index (κ1) is 42.3. The van der Waals surface area contributed by atoms with Crippen molar-refractivity contribution in [1.29, 1.82) is 0 Å². The van der Waals surface area contributed by atoms with Gasteiger partial charge in [0.2, 0.25) is 0 Å². The van der Waals surface area contributed by atoms with Crippen molar-refractivity contribution in [3.05, 3.63) is 81.9 Å². The van der Waals surface area contributed by atoms with Gasteiger partial charge in [-0.2, -0.15) is 11.3 Å². The SMILES string of the molecule is CC[C@]1(O)C[C@H]2CN(CCc3c([nH]c4ccc(-c5ccsc5)cc34)[C@@](C(=O)OC)(C3C=C4C(=CC3OC)N(C)[C@@]35O[C@]3(C(=O)OC)[C@H](OC(C)=O)[C@]3(CC)C=CCN6CC[C@]45[C@@H]63)C2)C1. The maximum absolute atomic E-state index is 15.6. The van der Waals surface area contributed by atoms with Gasteiger partial charge < -0.3 is 38.7 Å². The Morgan fingerprint density at radius 3 is 2.53 bits per heavy atom. The number of carbonyl (C=O) groups excluding carboxylic acids is 3. The zero-order valence-corrected chi connectivity index (χ0v) is 38.7. The summed E-state index contributed by atoms with van der Waals surface area (Å²) in [6, 6.07) is 8.42. The molecule has 13 nitrogen and oxygen atoms in total. The predicted octanol–water partition coefficient (Wildman–Crippen LogP) is 5.73. The van der Waals surface area contributed by atoms with Crippen molar-refractivity contribution >= 4 is 40.1 Å². The Kier molecular flexibility index (Phi) is 9.49. The Morgan fingerprint density at radius 1 is 1.02 bits per heavy atom. The number of hydrogen-bond donors (Lipinski definition) is 2. The van der Waals surface area contributed by atoms with Gasteiger partial charge in [-0.05, 0) is 108 Å². The average molecular weight is 893 g/mol. The molecule has 4 saturated heterocycles. The minimum absolute atomic E-state index is 0.0651. The van der Waals surface area contributed by atoms with Crippen molar-refractivity contribution in [2.75, 3.05) is 61.1 Å². The quantitative estimate of drug-likeness (QED) is 0.123. The summed E-state index contributed by atoms with van der Waals surface area (Å²) in [5.74, 6) is -2.10. The molecule has 0 radical (unpaired) electrons. The predicted molar refractivity (Wildman–Crippen MR) is 240 cm³/mol. The Bertz CT molecular complexity index is 2550. The van der Waals surface area contributed by atoms with E-state index >= 15 is 4.79 Å². The van der Waals surface area contributed by atoms with E-state index in [-0.39, 0.29) is 17.9 Å². The van der Waals surface area contributed by atoms with Crippen molar-refractivity contribution in [3.63, 3.8) is 0 Å². The molecule has 2 spiro atoms. The van der Waals surface area contributed by atoms with E-state index in [2.05, 4.69) is 85.9 Å². The molecule has 8 aliphatic rings. The fraction of sp³-hybridized carbons (Fsp3) is 0.580. The Labute approximate surface area is 378 Å². The van der Waals surface area contributed by atoms with Crippen LogP contribution in [0, 0.1) is 22.7 Å². The van der Waals surface area contributed by atoms with E-state index in [0.29, 0.717) is 51.6 Å². The summed E-state index contributed by atoms with van der Waals surface area (Å²) in [4.78, 5) is 54.3. The van der Waals surface area contributed by atoms with Gasteiger partial charge in [-0.25, -0.2) is 4.79 Å². The molecule has 2 aromatic heterocycles. The van der Waals surface area contributed by atoms with Crippen molar-refractivity contribution in [1.82, 2.24) is 19.7 Å². The normalized spacial score (nSPS) is 40.3. The number of aromatic amines is 1. The molecule has 2 N–H and O–H groups in total. The maximum Gasteiger partial charge on any atom is 0.347 e. The van der Waals surface area contributed by atoms with Crippen LogP contribution in [0.4, 0.5) is 0 Å². The van der Waals surface area contributed by atoms with E-state index in [1.165, 1.54) is 21.1 Å². The van der Waals surface area contributed by atoms with Gasteiger partial charge in [0.05, 0.1) is 31.3 Å². The highest BCUT2D eigenvalue weighted by Gasteiger charge is 2.99. The number of nitrogens with one attached hydrogen (secondary N) is 1. The van der Waals surface area contributed by atoms with Crippen LogP contribution in [0.2, 0.25) is 0 Å². The number of likely N-dealkylation sites (tertiary alicyclic amines) is 1. The average Bonchev–Trinajstić information content (AvgIpc) is 3.74. The highest BCUT2D eigenvalue weighted by molar-refractivity contribution is 7.08. The van der Waals surface area contributed by atoms with E-state index < -0.39 is 63.2 Å². The van der Waals surface area contributed by atoms with Gasteiger partial charge >= 0.3 is 17.9 Å². The van der Waals surface area contributed by atoms with Crippen molar-refractivity contribution < 1.29 is 43.2 Å². The van der Waals surface area contributed by atoms with Gasteiger partial charge in [-0.3, -0.25) is 19.4 Å². The molecule has 6 aliphatic heterocycles. The first-order valence-electron chi connectivity index (χ1n) is 23.1. The van der Waals surface area contributed by atoms with Crippen LogP contribution in [0.25, 0.3) is 22.0 Å². The lowest BCUT2D eigenvalue weighted by Gasteiger charge is -2.58. The summed E-state index contributed by atoms with van der Waals surface area (Å²) in [5.41, 5.74) is 0.148. The number of ether oxygens (including phenoxy) is 5. The van der Waals surface area contributed by atoms with Crippen LogP contribution in [0.3, 0.4) is 0 Å². The number of epoxide rings is 1. The largest absolute Gasteiger partial charge is 0.468 e. The van der Waals surface area contributed by atoms with E-state index in [1.807, 2.05) is 14.0 Å². The minimum Gasteiger partial charge on any atom is -0.468 e. The third-order valence-corrected chi connectivity index (χ3v) is 18.1. The molecule has 11 rings (SSSR count). The highest BCUT2D eigenvalue weighted by Crippen LogP contribution is 2.82. The number of H-pyrrole nitrogens is 1. The molecule has 14 heteroatoms. The number of thiophene rings is 1. The lowest BCUT2D eigenvalue weighted by Crippen LogP contribution is -2.73. The van der Waals surface area contributed by atoms with Crippen LogP contribution in [-0.2, 0) is 49.9 Å². The number of hydrogen-bond acceptors (Lipinski definition) is 13. The Morgan fingerprint density at radius 2 is 1.83 bits per heavy atom. The van der Waals surface area contributed by atoms with Gasteiger partial charge in [-0.1, -0.05) is 38.1 Å². The molecule has 0 amide bonds. The molecule has 8 heterocycles. The zero-order chi connectivity index (χ0) is 44.8. The zero-order valence-electron chi connectivity index (χ0n) is 37.9. The number of aliphatic hydroxyl groups is 1. The van der Waals surface area contributed by atoms with Crippen LogP contribution in [0.15, 0.2) is 70.6 Å². The van der Waals surface area contributed by atoms with Crippen molar-refractivity contribution in [3.8, 4) is 11.1 Å². The molecule has 2 bridgehead atoms. The number of rotatable bonds is 8. The molecule has 3 unspecified atom stereocenters. The van der Waals surface area contributed by atoms with E-state index in [4.69, 9.17) is 23.7 Å². The molecule has 2 aliphatic carbocycles. The number of fused-ring (bicyclic) bond motifs is 6. The summed E-state index contributed by atoms with van der Waals surface area (Å²) in [7, 11) is 6.51. The lowest BCUT2D eigenvalue weighted by molar-refractivity contribution is -0.182. The van der Waals surface area contributed by atoms with Crippen molar-refractivity contribution in [2.24, 2.45) is 22.7 Å². The molecule has 12 atom stereocenters. The lowest BCUT2D eigenvalue weighted by atomic mass is 9.48. The number of likely N-dealkylation sites (N-methyl/N-ethyl adjacent to an activating group) is 1. The first-order valence-corrected chi connectivity index (χ1v) is 24.0. The van der Waals surface area contributed by atoms with Gasteiger partial charge in [0, 0.05) is 86.9 Å². The number of allylic oxidation sites excluding steroid dienone is 1. The van der Waals surface area contributed by atoms with E-state index in [1.54, 1.807) is 18.4 Å². The number of benzene rings is 1. The maximum atomic E-state index is 15.6. The molecule has 3 aromatic rings. The number of nitrogens with zero attached hydrogens (tertiary/aromatic N) is 3. The van der Waals surface area contributed by atoms with Gasteiger partial charge in [0.25, 0.3) is 5.60 Å². The smallest absolute Gasteiger partial charge is 0.347 e. The second-order valence-corrected chi connectivity index (χ2v) is 20.7. The standard InChI is InChI=1S/C50H60N4O9S/c1-8-45(58)24-30-25-47(43(56)60-6,40-33(13-18-53(26-30)28-45)34-21-31(11-12-37(34)51-40)32-14-20-64-27-32)36-22-35-38(23-39(36)59-5)52(4)50-48(35)16-19-54-17-10-15-46(9-2,41(48)54)42(62-29(3)55)49(50,63-50)44(57)61-7/h10-12,14-15,20-23,27,30,36,39,41-42,51,58H,8-9,13,16-19,24-26,28H2,1-7H3/t30-,36?,39?,41+,42-,45+,46-,47+,48-,49+,50+/m1/s1. The van der Waals surface area contributed by atoms with Crippen LogP contribution >= 0.6 is 11.3 Å². The van der Waals surface area contributed by atoms with Crippen molar-refractivity contribution in [2.45, 2.75) is 99.9 Å². The Hall–Kier alpha value is -4.31. The molecular formula is C50H60N4O9S. The fourth-order valence-electron chi connectivity index (χ4n) is 15.0. The summed E-state index contributed by atoms with van der Waals surface area (Å²) in [6.07, 6.45) is 10.5. The van der Waals surface area contributed by atoms with E-state index in [9.17, 15) is 14.7 Å². The topological polar surface area (TPSA) is 146 Å². The number of piperidine rings is 1. The molecule has 1 saturated carbocycles. The second kappa shape index (κ2) is 14.3.